The summed E-state index contributed by atoms with van der Waals surface area (Å²) in [5, 5.41) is 3.34. The maximum atomic E-state index is 13.5. The molecule has 1 amide bonds. The Labute approximate surface area is 172 Å². The molecule has 7 rings (SSSR count). The molecule has 2 heterocycles. The maximum absolute atomic E-state index is 13.5. The molecule has 2 aliphatic carbocycles. The number of carbonyl (C=O) groups is 2. The largest absolute Gasteiger partial charge is 0.350 e. The van der Waals surface area contributed by atoms with Gasteiger partial charge in [0.05, 0.1) is 0 Å². The number of hydrogen-bond donors (Lipinski definition) is 1. The van der Waals surface area contributed by atoms with Crippen LogP contribution in [-0.2, 0) is 5.41 Å². The van der Waals surface area contributed by atoms with E-state index in [9.17, 15) is 9.59 Å². The van der Waals surface area contributed by atoms with Crippen molar-refractivity contribution in [1.29, 1.82) is 0 Å². The molecule has 1 spiro atoms. The maximum Gasteiger partial charge on any atom is 0.274 e. The Morgan fingerprint density at radius 2 is 1.83 bits per heavy atom. The monoisotopic (exact) mass is 390 g/mol. The summed E-state index contributed by atoms with van der Waals surface area (Å²) in [6.45, 7) is 0.669. The number of nitrogens with one attached hydrogen (secondary N) is 1. The fourth-order valence-electron chi connectivity index (χ4n) is 5.73. The molecule has 30 heavy (non-hydrogen) atoms. The number of hydrogen-bond acceptors (Lipinski definition) is 2. The van der Waals surface area contributed by atoms with Crippen LogP contribution in [-0.4, -0.2) is 28.1 Å². The van der Waals surface area contributed by atoms with Gasteiger partial charge in [0.15, 0.2) is 5.78 Å². The molecule has 4 aromatic rings. The molecule has 1 aliphatic heterocycles. The van der Waals surface area contributed by atoms with Gasteiger partial charge in [-0.3, -0.25) is 9.59 Å². The summed E-state index contributed by atoms with van der Waals surface area (Å²) in [6, 6.07) is 22.1. The third-order valence-corrected chi connectivity index (χ3v) is 7.20. The lowest BCUT2D eigenvalue weighted by molar-refractivity contribution is 0.0806. The normalized spacial score (nSPS) is 23.9. The standard InChI is InChI=1S/C26H18N2O2/c29-23-12-24-26(20-8-4-3-7-18(20)23)13-16(26)14-28(24)25(30)22-11-19-17-6-2-1-5-15(17)9-10-21(19)27-22/h1-12,16,27H,13-14H2/t16-,26-/m1/s1. The molecule has 1 saturated carbocycles. The average Bonchev–Trinajstić information content (AvgIpc) is 3.16. The van der Waals surface area contributed by atoms with E-state index in [1.54, 1.807) is 6.08 Å². The molecule has 4 heteroatoms. The summed E-state index contributed by atoms with van der Waals surface area (Å²) < 4.78 is 0. The van der Waals surface area contributed by atoms with E-state index in [1.165, 1.54) is 0 Å². The number of carbonyl (C=O) groups excluding carboxylic acids is 2. The number of aromatic amines is 1. The van der Waals surface area contributed by atoms with Crippen LogP contribution in [0.3, 0.4) is 0 Å². The number of amides is 1. The van der Waals surface area contributed by atoms with E-state index in [0.717, 1.165) is 44.9 Å². The molecular weight excluding hydrogens is 372 g/mol. The minimum atomic E-state index is -0.154. The number of ketones is 1. The summed E-state index contributed by atoms with van der Waals surface area (Å²) in [5.41, 5.74) is 4.13. The molecule has 1 N–H and O–H groups in total. The number of H-pyrrole nitrogens is 1. The zero-order valence-corrected chi connectivity index (χ0v) is 16.2. The minimum absolute atomic E-state index is 0.000726. The lowest BCUT2D eigenvalue weighted by Crippen LogP contribution is -2.33. The van der Waals surface area contributed by atoms with Crippen molar-refractivity contribution in [1.82, 2.24) is 9.88 Å². The third-order valence-electron chi connectivity index (χ3n) is 7.20. The Morgan fingerprint density at radius 3 is 2.77 bits per heavy atom. The van der Waals surface area contributed by atoms with Crippen molar-refractivity contribution in [2.75, 3.05) is 6.54 Å². The average molecular weight is 390 g/mol. The Hall–Kier alpha value is -3.66. The summed E-state index contributed by atoms with van der Waals surface area (Å²) in [5.74, 6) is 0.340. The number of nitrogens with zero attached hydrogens (tertiary/aromatic N) is 1. The van der Waals surface area contributed by atoms with Crippen LogP contribution in [0.4, 0.5) is 0 Å². The van der Waals surface area contributed by atoms with Gasteiger partial charge in [-0.1, -0.05) is 54.6 Å². The van der Waals surface area contributed by atoms with Gasteiger partial charge in [-0.25, -0.2) is 0 Å². The fraction of sp³-hybridized carbons (Fsp3) is 0.154. The molecule has 3 aliphatic rings. The van der Waals surface area contributed by atoms with Crippen LogP contribution in [0.15, 0.2) is 78.5 Å². The van der Waals surface area contributed by atoms with Crippen molar-refractivity contribution in [3.05, 3.63) is 95.3 Å². The van der Waals surface area contributed by atoms with E-state index >= 15 is 0 Å². The first-order valence-electron chi connectivity index (χ1n) is 10.4. The van der Waals surface area contributed by atoms with Crippen LogP contribution < -0.4 is 0 Å². The molecule has 1 saturated heterocycles. The molecule has 3 aromatic carbocycles. The second-order valence-corrected chi connectivity index (χ2v) is 8.66. The molecule has 0 unspecified atom stereocenters. The second-order valence-electron chi connectivity index (χ2n) is 8.66. The minimum Gasteiger partial charge on any atom is -0.350 e. The van der Waals surface area contributed by atoms with E-state index in [4.69, 9.17) is 0 Å². The fourth-order valence-corrected chi connectivity index (χ4v) is 5.73. The Bertz CT molecular complexity index is 1460. The SMILES string of the molecule is O=C1C=C2N(C(=O)c3cc4c(ccc5ccccc54)[nH]3)C[C@H]3C[C@@]23c2ccccc21. The van der Waals surface area contributed by atoms with Crippen molar-refractivity contribution in [3.8, 4) is 0 Å². The van der Waals surface area contributed by atoms with Gasteiger partial charge in [0, 0.05) is 40.2 Å². The molecule has 0 radical (unpaired) electrons. The molecule has 2 fully saturated rings. The van der Waals surface area contributed by atoms with Crippen molar-refractivity contribution >= 4 is 33.4 Å². The van der Waals surface area contributed by atoms with Crippen LogP contribution >= 0.6 is 0 Å². The lowest BCUT2D eigenvalue weighted by atomic mass is 9.81. The van der Waals surface area contributed by atoms with Gasteiger partial charge < -0.3 is 9.88 Å². The number of likely N-dealkylation sites (tertiary alicyclic amines) is 1. The number of allylic oxidation sites excluding steroid dienone is 2. The number of fused-ring (bicyclic) bond motifs is 4. The topological polar surface area (TPSA) is 53.2 Å². The van der Waals surface area contributed by atoms with E-state index in [1.807, 2.05) is 47.4 Å². The van der Waals surface area contributed by atoms with Crippen LogP contribution in [0.5, 0.6) is 0 Å². The van der Waals surface area contributed by atoms with Crippen LogP contribution in [0.1, 0.15) is 32.8 Å². The lowest BCUT2D eigenvalue weighted by Gasteiger charge is -2.29. The first kappa shape index (κ1) is 16.2. The number of aromatic nitrogens is 1. The molecule has 2 atom stereocenters. The smallest absolute Gasteiger partial charge is 0.274 e. The highest BCUT2D eigenvalue weighted by atomic mass is 16.2. The number of benzene rings is 3. The second kappa shape index (κ2) is 5.28. The quantitative estimate of drug-likeness (QED) is 0.507. The number of piperidine rings is 1. The van der Waals surface area contributed by atoms with E-state index in [0.29, 0.717) is 18.2 Å². The summed E-state index contributed by atoms with van der Waals surface area (Å²) in [4.78, 5) is 31.4. The van der Waals surface area contributed by atoms with Crippen molar-refractivity contribution in [3.63, 3.8) is 0 Å². The van der Waals surface area contributed by atoms with Crippen molar-refractivity contribution in [2.45, 2.75) is 11.8 Å². The molecule has 0 bridgehead atoms. The highest BCUT2D eigenvalue weighted by Crippen LogP contribution is 2.66. The molecule has 4 nitrogen and oxygen atoms in total. The van der Waals surface area contributed by atoms with Crippen LogP contribution in [0.25, 0.3) is 21.7 Å². The summed E-state index contributed by atoms with van der Waals surface area (Å²) >= 11 is 0. The molecule has 1 aromatic heterocycles. The third kappa shape index (κ3) is 1.86. The van der Waals surface area contributed by atoms with Crippen LogP contribution in [0.2, 0.25) is 0 Å². The summed E-state index contributed by atoms with van der Waals surface area (Å²) in [7, 11) is 0. The van der Waals surface area contributed by atoms with E-state index < -0.39 is 0 Å². The van der Waals surface area contributed by atoms with Crippen molar-refractivity contribution < 1.29 is 9.59 Å². The van der Waals surface area contributed by atoms with Gasteiger partial charge in [-0.05, 0) is 40.8 Å². The van der Waals surface area contributed by atoms with Gasteiger partial charge in [0.1, 0.15) is 5.69 Å². The summed E-state index contributed by atoms with van der Waals surface area (Å²) in [6.07, 6.45) is 2.72. The van der Waals surface area contributed by atoms with Gasteiger partial charge in [0.2, 0.25) is 0 Å². The van der Waals surface area contributed by atoms with E-state index in [2.05, 4.69) is 29.2 Å². The first-order valence-corrected chi connectivity index (χ1v) is 10.4. The van der Waals surface area contributed by atoms with E-state index in [-0.39, 0.29) is 17.1 Å². The highest BCUT2D eigenvalue weighted by Gasteiger charge is 2.67. The Kier molecular flexibility index (Phi) is 2.84. The van der Waals surface area contributed by atoms with Gasteiger partial charge in [-0.15, -0.1) is 0 Å². The van der Waals surface area contributed by atoms with Crippen molar-refractivity contribution in [2.24, 2.45) is 5.92 Å². The Balaban J connectivity index is 1.33. The first-order chi connectivity index (χ1) is 14.7. The van der Waals surface area contributed by atoms with Gasteiger partial charge >= 0.3 is 0 Å². The zero-order valence-electron chi connectivity index (χ0n) is 16.2. The van der Waals surface area contributed by atoms with Crippen LogP contribution in [0, 0.1) is 5.92 Å². The van der Waals surface area contributed by atoms with Gasteiger partial charge in [-0.2, -0.15) is 0 Å². The predicted molar refractivity (Wildman–Crippen MR) is 115 cm³/mol. The molecular formula is C26H18N2O2. The predicted octanol–water partition coefficient (Wildman–Crippen LogP) is 4.82. The van der Waals surface area contributed by atoms with Gasteiger partial charge in [0.25, 0.3) is 5.91 Å². The highest BCUT2D eigenvalue weighted by molar-refractivity contribution is 6.12. The zero-order chi connectivity index (χ0) is 20.0. The molecule has 144 valence electrons. The Morgan fingerprint density at radius 1 is 1.00 bits per heavy atom. The number of rotatable bonds is 1.